The quantitative estimate of drug-likeness (QED) is 0.274. The molecule has 134 valence electrons. The topological polar surface area (TPSA) is 188 Å². The highest BCUT2D eigenvalue weighted by atomic mass is 31.2. The Morgan fingerprint density at radius 1 is 1.38 bits per heavy atom. The number of aromatic amines is 1. The fourth-order valence-corrected chi connectivity index (χ4v) is 2.62. The zero-order valence-electron chi connectivity index (χ0n) is 12.2. The van der Waals surface area contributed by atoms with Crippen LogP contribution in [-0.4, -0.2) is 60.3 Å². The Hall–Kier alpha value is -1.66. The van der Waals surface area contributed by atoms with Gasteiger partial charge in [0.15, 0.2) is 12.0 Å². The molecule has 4 unspecified atom stereocenters. The van der Waals surface area contributed by atoms with E-state index < -0.39 is 56.0 Å². The van der Waals surface area contributed by atoms with E-state index in [1.54, 1.807) is 0 Å². The van der Waals surface area contributed by atoms with Gasteiger partial charge in [0, 0.05) is 13.0 Å². The maximum absolute atomic E-state index is 12.0. The van der Waals surface area contributed by atoms with Crippen molar-refractivity contribution in [1.29, 1.82) is 0 Å². The lowest BCUT2D eigenvalue weighted by Gasteiger charge is -2.19. The van der Waals surface area contributed by atoms with Gasteiger partial charge in [-0.25, -0.2) is 9.36 Å². The number of nitrogens with zero attached hydrogens (tertiary/aromatic N) is 1. The predicted octanol–water partition coefficient (Wildman–Crippen LogP) is -2.53. The molecular weight excluding hydrogens is 351 g/mol. The first-order chi connectivity index (χ1) is 11.0. The number of nitrogens with one attached hydrogen (secondary N) is 1. The lowest BCUT2D eigenvalue weighted by Crippen LogP contribution is -2.40. The van der Waals surface area contributed by atoms with Gasteiger partial charge in [0.05, 0.1) is 12.3 Å². The van der Waals surface area contributed by atoms with Crippen molar-refractivity contribution >= 4 is 13.6 Å². The molecule has 2 rings (SSSR count). The molecule has 0 bridgehead atoms. The summed E-state index contributed by atoms with van der Waals surface area (Å²) in [4.78, 5) is 54.1. The molecule has 12 nitrogen and oxygen atoms in total. The lowest BCUT2D eigenvalue weighted by atomic mass is 10.1. The number of H-pyrrole nitrogens is 1. The maximum atomic E-state index is 12.0. The van der Waals surface area contributed by atoms with E-state index in [0.29, 0.717) is 4.57 Å². The number of aliphatic hydroxyl groups is 2. The van der Waals surface area contributed by atoms with Crippen LogP contribution >= 0.6 is 7.82 Å². The minimum Gasteiger partial charge on any atom is -0.387 e. The Labute approximate surface area is 133 Å². The number of hydrogen-bond donors (Lipinski definition) is 5. The number of ketones is 1. The normalized spacial score (nSPS) is 27.4. The van der Waals surface area contributed by atoms with Gasteiger partial charge in [0.2, 0.25) is 0 Å². The molecule has 1 fully saturated rings. The van der Waals surface area contributed by atoms with Crippen molar-refractivity contribution < 1.29 is 38.6 Å². The number of carbonyl (C=O) groups is 1. The van der Waals surface area contributed by atoms with E-state index in [1.807, 2.05) is 4.98 Å². The summed E-state index contributed by atoms with van der Waals surface area (Å²) in [6.45, 7) is 0.309. The second-order valence-corrected chi connectivity index (χ2v) is 6.32. The highest BCUT2D eigenvalue weighted by Crippen LogP contribution is 2.38. The third-order valence-corrected chi connectivity index (χ3v) is 3.82. The van der Waals surface area contributed by atoms with Crippen LogP contribution in [0.3, 0.4) is 0 Å². The van der Waals surface area contributed by atoms with Gasteiger partial charge in [-0.05, 0) is 0 Å². The highest BCUT2D eigenvalue weighted by molar-refractivity contribution is 7.46. The molecule has 0 saturated carbocycles. The van der Waals surface area contributed by atoms with E-state index in [0.717, 1.165) is 13.0 Å². The third-order valence-electron chi connectivity index (χ3n) is 3.34. The first-order valence-corrected chi connectivity index (χ1v) is 8.13. The molecule has 0 radical (unpaired) electrons. The summed E-state index contributed by atoms with van der Waals surface area (Å²) in [5, 5.41) is 19.9. The monoisotopic (exact) mass is 366 g/mol. The van der Waals surface area contributed by atoms with Crippen LogP contribution in [0, 0.1) is 0 Å². The maximum Gasteiger partial charge on any atom is 0.469 e. The molecule has 4 atom stereocenters. The van der Waals surface area contributed by atoms with Crippen LogP contribution < -0.4 is 11.2 Å². The molecule has 1 aromatic rings. The molecule has 0 amide bonds. The van der Waals surface area contributed by atoms with Crippen molar-refractivity contribution in [3.8, 4) is 0 Å². The van der Waals surface area contributed by atoms with Gasteiger partial charge in [-0.3, -0.25) is 23.7 Å². The molecule has 2 heterocycles. The molecule has 1 aliphatic rings. The average molecular weight is 366 g/mol. The summed E-state index contributed by atoms with van der Waals surface area (Å²) in [5.74, 6) is -0.668. The highest BCUT2D eigenvalue weighted by Gasteiger charge is 2.45. The van der Waals surface area contributed by atoms with Crippen LogP contribution in [0.25, 0.3) is 0 Å². The van der Waals surface area contributed by atoms with Crippen molar-refractivity contribution in [3.63, 3.8) is 0 Å². The second kappa shape index (κ2) is 6.69. The number of Topliss-reactive ketones (excluding diaryl/α,β-unsaturated/α-hetero) is 1. The van der Waals surface area contributed by atoms with Gasteiger partial charge in [-0.15, -0.1) is 0 Å². The summed E-state index contributed by atoms with van der Waals surface area (Å²) < 4.78 is 20.7. The summed E-state index contributed by atoms with van der Waals surface area (Å²) in [7, 11) is -4.84. The van der Waals surface area contributed by atoms with E-state index in [9.17, 15) is 29.2 Å². The van der Waals surface area contributed by atoms with Gasteiger partial charge >= 0.3 is 13.5 Å². The third kappa shape index (κ3) is 3.87. The van der Waals surface area contributed by atoms with Crippen LogP contribution in [0.5, 0.6) is 0 Å². The van der Waals surface area contributed by atoms with E-state index >= 15 is 0 Å². The number of phosphoric ester groups is 1. The molecule has 13 heteroatoms. The Bertz CT molecular complexity index is 795. The average Bonchev–Trinajstić information content (AvgIpc) is 2.71. The minimum atomic E-state index is -4.84. The van der Waals surface area contributed by atoms with Crippen LogP contribution in [0.15, 0.2) is 15.7 Å². The Kier molecular flexibility index (Phi) is 5.20. The van der Waals surface area contributed by atoms with E-state index in [4.69, 9.17) is 14.5 Å². The van der Waals surface area contributed by atoms with Crippen molar-refractivity contribution in [2.45, 2.75) is 31.5 Å². The van der Waals surface area contributed by atoms with Gasteiger partial charge in [0.1, 0.15) is 18.3 Å². The summed E-state index contributed by atoms with van der Waals surface area (Å²) >= 11 is 0. The van der Waals surface area contributed by atoms with Gasteiger partial charge < -0.3 is 24.7 Å². The number of aromatic nitrogens is 2. The number of aliphatic hydroxyl groups excluding tert-OH is 2. The minimum absolute atomic E-state index is 0.364. The SMILES string of the molecule is CC(=O)c1cc(=O)[nH]c(=O)n1C1OC(COP(=O)(O)O)C(O)C1O. The Morgan fingerprint density at radius 2 is 2.00 bits per heavy atom. The van der Waals surface area contributed by atoms with E-state index in [1.165, 1.54) is 0 Å². The number of carbonyl (C=O) groups excluding carboxylic acids is 1. The predicted molar refractivity (Wildman–Crippen MR) is 75.2 cm³/mol. The fourth-order valence-electron chi connectivity index (χ4n) is 2.28. The smallest absolute Gasteiger partial charge is 0.387 e. The second-order valence-electron chi connectivity index (χ2n) is 5.08. The van der Waals surface area contributed by atoms with E-state index in [2.05, 4.69) is 4.52 Å². The molecular formula is C11H15N2O10P. The zero-order chi connectivity index (χ0) is 18.2. The molecule has 0 aliphatic carbocycles. The molecule has 0 aromatic carbocycles. The molecule has 24 heavy (non-hydrogen) atoms. The standard InChI is InChI=1S/C11H15N2O10P/c1-4(14)5-2-7(15)12-11(18)13(5)10-9(17)8(16)6(23-10)3-22-24(19,20)21/h2,6,8-10,16-17H,3H2,1H3,(H,12,15,18)(H2,19,20,21). The van der Waals surface area contributed by atoms with E-state index in [-0.39, 0.29) is 5.69 Å². The van der Waals surface area contributed by atoms with Crippen LogP contribution in [0.4, 0.5) is 0 Å². The van der Waals surface area contributed by atoms with Crippen molar-refractivity contribution in [2.75, 3.05) is 6.61 Å². The largest absolute Gasteiger partial charge is 0.469 e. The Balaban J connectivity index is 2.37. The summed E-state index contributed by atoms with van der Waals surface area (Å²) in [5.41, 5.74) is -2.26. The van der Waals surface area contributed by atoms with Crippen molar-refractivity contribution in [3.05, 3.63) is 32.6 Å². The molecule has 0 spiro atoms. The van der Waals surface area contributed by atoms with Crippen LogP contribution in [0.2, 0.25) is 0 Å². The fraction of sp³-hybridized carbons (Fsp3) is 0.545. The van der Waals surface area contributed by atoms with Crippen LogP contribution in [0.1, 0.15) is 23.6 Å². The Morgan fingerprint density at radius 3 is 2.54 bits per heavy atom. The van der Waals surface area contributed by atoms with Gasteiger partial charge in [-0.1, -0.05) is 0 Å². The van der Waals surface area contributed by atoms with Gasteiger partial charge in [0.25, 0.3) is 5.56 Å². The van der Waals surface area contributed by atoms with Crippen LogP contribution in [-0.2, 0) is 13.8 Å². The summed E-state index contributed by atoms with van der Waals surface area (Å²) in [6, 6.07) is 0.825. The number of phosphoric acid groups is 1. The lowest BCUT2D eigenvalue weighted by molar-refractivity contribution is -0.0550. The van der Waals surface area contributed by atoms with Crippen molar-refractivity contribution in [1.82, 2.24) is 9.55 Å². The number of hydrogen-bond acceptors (Lipinski definition) is 8. The summed E-state index contributed by atoms with van der Waals surface area (Å²) in [6.07, 6.45) is -6.30. The molecule has 1 aromatic heterocycles. The van der Waals surface area contributed by atoms with Crippen molar-refractivity contribution in [2.24, 2.45) is 0 Å². The zero-order valence-corrected chi connectivity index (χ0v) is 13.1. The molecule has 1 saturated heterocycles. The molecule has 1 aliphatic heterocycles. The molecule has 5 N–H and O–H groups in total. The number of rotatable bonds is 5. The van der Waals surface area contributed by atoms with Gasteiger partial charge in [-0.2, -0.15) is 0 Å². The number of ether oxygens (including phenoxy) is 1. The first-order valence-electron chi connectivity index (χ1n) is 6.60. The first kappa shape index (κ1) is 18.7.